The molecule has 0 aromatic carbocycles. The second kappa shape index (κ2) is 2.71. The van der Waals surface area contributed by atoms with E-state index in [4.69, 9.17) is 0 Å². The topological polar surface area (TPSA) is 32.3 Å². The van der Waals surface area contributed by atoms with E-state index in [0.717, 1.165) is 6.42 Å². The first kappa shape index (κ1) is 9.00. The first-order valence-corrected chi connectivity index (χ1v) is 5.08. The molecule has 2 bridgehead atoms. The number of hydrogen-bond acceptors (Lipinski definition) is 2. The lowest BCUT2D eigenvalue weighted by atomic mass is 9.95. The SMILES string of the molecule is CC(C)(C)C(=O)N1NC2CCC1C2. The molecule has 1 saturated heterocycles. The van der Waals surface area contributed by atoms with Crippen LogP contribution in [0, 0.1) is 5.41 Å². The third-order valence-corrected chi connectivity index (χ3v) is 2.95. The van der Waals surface area contributed by atoms with Gasteiger partial charge in [-0.25, -0.2) is 5.43 Å². The Hall–Kier alpha value is -0.570. The molecule has 2 atom stereocenters. The average Bonchev–Trinajstić information content (AvgIpc) is 2.60. The summed E-state index contributed by atoms with van der Waals surface area (Å²) in [4.78, 5) is 11.9. The molecule has 1 N–H and O–H groups in total. The molecule has 1 saturated carbocycles. The maximum Gasteiger partial charge on any atom is 0.242 e. The maximum absolute atomic E-state index is 11.9. The minimum atomic E-state index is -0.252. The standard InChI is InChI=1S/C10H18N2O/c1-10(2,3)9(13)12-8-5-4-7(6-8)11-12/h7-8,11H,4-6H2,1-3H3. The summed E-state index contributed by atoms with van der Waals surface area (Å²) in [6.45, 7) is 5.93. The fourth-order valence-electron chi connectivity index (χ4n) is 2.20. The Morgan fingerprint density at radius 3 is 2.46 bits per heavy atom. The molecule has 2 fully saturated rings. The van der Waals surface area contributed by atoms with Crippen molar-refractivity contribution in [2.24, 2.45) is 5.41 Å². The fourth-order valence-corrected chi connectivity index (χ4v) is 2.20. The fraction of sp³-hybridized carbons (Fsp3) is 0.900. The summed E-state index contributed by atoms with van der Waals surface area (Å²) in [5.74, 6) is 0.236. The van der Waals surface area contributed by atoms with E-state index < -0.39 is 0 Å². The number of carbonyl (C=O) groups is 1. The van der Waals surface area contributed by atoms with Gasteiger partial charge in [0.1, 0.15) is 0 Å². The highest BCUT2D eigenvalue weighted by atomic mass is 16.2. The van der Waals surface area contributed by atoms with E-state index in [-0.39, 0.29) is 11.3 Å². The van der Waals surface area contributed by atoms with Crippen LogP contribution < -0.4 is 5.43 Å². The van der Waals surface area contributed by atoms with Gasteiger partial charge < -0.3 is 0 Å². The van der Waals surface area contributed by atoms with E-state index in [0.29, 0.717) is 12.1 Å². The van der Waals surface area contributed by atoms with Gasteiger partial charge in [0.05, 0.1) is 0 Å². The Labute approximate surface area is 79.5 Å². The average molecular weight is 182 g/mol. The highest BCUT2D eigenvalue weighted by Crippen LogP contribution is 2.32. The Balaban J connectivity index is 2.07. The third-order valence-electron chi connectivity index (χ3n) is 2.95. The smallest absolute Gasteiger partial charge is 0.242 e. The highest BCUT2D eigenvalue weighted by Gasteiger charge is 2.42. The third kappa shape index (κ3) is 1.46. The zero-order valence-electron chi connectivity index (χ0n) is 8.63. The Kier molecular flexibility index (Phi) is 1.88. The summed E-state index contributed by atoms with van der Waals surface area (Å²) in [5, 5.41) is 1.87. The van der Waals surface area contributed by atoms with E-state index in [1.807, 2.05) is 25.8 Å². The quantitative estimate of drug-likeness (QED) is 0.612. The molecular formula is C10H18N2O. The molecule has 2 aliphatic rings. The number of rotatable bonds is 0. The molecule has 1 aliphatic heterocycles. The first-order valence-electron chi connectivity index (χ1n) is 5.08. The zero-order valence-corrected chi connectivity index (χ0v) is 8.63. The molecule has 13 heavy (non-hydrogen) atoms. The predicted octanol–water partition coefficient (Wildman–Crippen LogP) is 1.30. The monoisotopic (exact) mass is 182 g/mol. The van der Waals surface area contributed by atoms with Crippen LogP contribution in [0.3, 0.4) is 0 Å². The molecule has 2 rings (SSSR count). The van der Waals surface area contributed by atoms with Crippen LogP contribution in [0.4, 0.5) is 0 Å². The zero-order chi connectivity index (χ0) is 9.64. The van der Waals surface area contributed by atoms with E-state index in [1.54, 1.807) is 0 Å². The van der Waals surface area contributed by atoms with Crippen LogP contribution in [0.5, 0.6) is 0 Å². The van der Waals surface area contributed by atoms with E-state index in [1.165, 1.54) is 12.8 Å². The molecule has 0 spiro atoms. The van der Waals surface area contributed by atoms with Crippen LogP contribution in [0.25, 0.3) is 0 Å². The van der Waals surface area contributed by atoms with E-state index in [2.05, 4.69) is 5.43 Å². The first-order chi connectivity index (χ1) is 5.98. The maximum atomic E-state index is 11.9. The van der Waals surface area contributed by atoms with Crippen LogP contribution in [0.15, 0.2) is 0 Å². The molecule has 0 aromatic rings. The molecule has 3 heteroatoms. The number of nitrogens with zero attached hydrogens (tertiary/aromatic N) is 1. The lowest BCUT2D eigenvalue weighted by molar-refractivity contribution is -0.144. The Morgan fingerprint density at radius 2 is 2.08 bits per heavy atom. The Bertz CT molecular complexity index is 232. The predicted molar refractivity (Wildman–Crippen MR) is 50.9 cm³/mol. The summed E-state index contributed by atoms with van der Waals surface area (Å²) in [6.07, 6.45) is 3.57. The van der Waals surface area contributed by atoms with Crippen molar-refractivity contribution < 1.29 is 4.79 Å². The minimum Gasteiger partial charge on any atom is -0.274 e. The molecule has 0 aromatic heterocycles. The molecule has 2 unspecified atom stereocenters. The summed E-state index contributed by atoms with van der Waals surface area (Å²) in [6, 6.07) is 1.04. The number of amides is 1. The van der Waals surface area contributed by atoms with Crippen LogP contribution in [0.1, 0.15) is 40.0 Å². The van der Waals surface area contributed by atoms with Gasteiger partial charge in [0.25, 0.3) is 0 Å². The molecule has 1 amide bonds. The van der Waals surface area contributed by atoms with Crippen molar-refractivity contribution in [1.82, 2.24) is 10.4 Å². The van der Waals surface area contributed by atoms with Crippen LogP contribution in [-0.2, 0) is 4.79 Å². The molecule has 1 aliphatic carbocycles. The van der Waals surface area contributed by atoms with Gasteiger partial charge in [-0.1, -0.05) is 20.8 Å². The summed E-state index contributed by atoms with van der Waals surface area (Å²) < 4.78 is 0. The van der Waals surface area contributed by atoms with Crippen molar-refractivity contribution in [1.29, 1.82) is 0 Å². The van der Waals surface area contributed by atoms with Crippen LogP contribution in [-0.4, -0.2) is 23.0 Å². The van der Waals surface area contributed by atoms with Crippen LogP contribution >= 0.6 is 0 Å². The van der Waals surface area contributed by atoms with Gasteiger partial charge in [-0.3, -0.25) is 9.80 Å². The second-order valence-corrected chi connectivity index (χ2v) is 5.22. The van der Waals surface area contributed by atoms with Gasteiger partial charge in [0.2, 0.25) is 5.91 Å². The van der Waals surface area contributed by atoms with Gasteiger partial charge in [0.15, 0.2) is 0 Å². The van der Waals surface area contributed by atoms with Crippen molar-refractivity contribution in [3.63, 3.8) is 0 Å². The van der Waals surface area contributed by atoms with Crippen molar-refractivity contribution >= 4 is 5.91 Å². The molecule has 74 valence electrons. The van der Waals surface area contributed by atoms with Crippen molar-refractivity contribution in [3.05, 3.63) is 0 Å². The highest BCUT2D eigenvalue weighted by molar-refractivity contribution is 5.81. The van der Waals surface area contributed by atoms with Gasteiger partial charge in [0, 0.05) is 17.5 Å². The second-order valence-electron chi connectivity index (χ2n) is 5.22. The number of fused-ring (bicyclic) bond motifs is 2. The molecule has 3 nitrogen and oxygen atoms in total. The van der Waals surface area contributed by atoms with Crippen LogP contribution in [0.2, 0.25) is 0 Å². The van der Waals surface area contributed by atoms with Gasteiger partial charge in [-0.15, -0.1) is 0 Å². The number of hydrogen-bond donors (Lipinski definition) is 1. The van der Waals surface area contributed by atoms with Gasteiger partial charge in [-0.2, -0.15) is 0 Å². The van der Waals surface area contributed by atoms with Crippen molar-refractivity contribution in [2.75, 3.05) is 0 Å². The summed E-state index contributed by atoms with van der Waals surface area (Å²) in [7, 11) is 0. The number of hydrazine groups is 1. The molecule has 1 heterocycles. The minimum absolute atomic E-state index is 0.236. The summed E-state index contributed by atoms with van der Waals surface area (Å²) in [5.41, 5.74) is 3.03. The molecular weight excluding hydrogens is 164 g/mol. The van der Waals surface area contributed by atoms with Gasteiger partial charge in [-0.05, 0) is 19.3 Å². The van der Waals surface area contributed by atoms with E-state index >= 15 is 0 Å². The molecule has 0 radical (unpaired) electrons. The van der Waals surface area contributed by atoms with E-state index in [9.17, 15) is 4.79 Å². The number of carbonyl (C=O) groups excluding carboxylic acids is 1. The Morgan fingerprint density at radius 1 is 1.38 bits per heavy atom. The van der Waals surface area contributed by atoms with Gasteiger partial charge >= 0.3 is 0 Å². The lowest BCUT2D eigenvalue weighted by Crippen LogP contribution is -2.51. The van der Waals surface area contributed by atoms with Crippen molar-refractivity contribution in [3.8, 4) is 0 Å². The van der Waals surface area contributed by atoms with Crippen molar-refractivity contribution in [2.45, 2.75) is 52.1 Å². The number of nitrogens with one attached hydrogen (secondary N) is 1. The lowest BCUT2D eigenvalue weighted by Gasteiger charge is -2.32. The largest absolute Gasteiger partial charge is 0.274 e. The summed E-state index contributed by atoms with van der Waals surface area (Å²) >= 11 is 0. The normalized spacial score (nSPS) is 32.7.